The van der Waals surface area contributed by atoms with Gasteiger partial charge in [0, 0.05) is 17.7 Å². The number of hydrogen-bond donors (Lipinski definition) is 1. The monoisotopic (exact) mass is 277 g/mol. The Balaban J connectivity index is 1.67. The fourth-order valence-electron chi connectivity index (χ4n) is 2.43. The van der Waals surface area contributed by atoms with Crippen molar-refractivity contribution in [1.82, 2.24) is 0 Å². The number of ether oxygens (including phenoxy) is 1. The van der Waals surface area contributed by atoms with Gasteiger partial charge in [0.15, 0.2) is 0 Å². The minimum absolute atomic E-state index is 0.0527. The van der Waals surface area contributed by atoms with E-state index in [1.807, 2.05) is 36.4 Å². The zero-order chi connectivity index (χ0) is 14.7. The topological polar surface area (TPSA) is 38.3 Å². The van der Waals surface area contributed by atoms with E-state index in [0.29, 0.717) is 6.42 Å². The molecule has 0 radical (unpaired) electrons. The fourth-order valence-corrected chi connectivity index (χ4v) is 2.43. The number of amides is 1. The molecule has 1 amide bonds. The lowest BCUT2D eigenvalue weighted by atomic mass is 10.1. The Labute approximate surface area is 123 Å². The molecule has 3 nitrogen and oxygen atoms in total. The first-order chi connectivity index (χ1) is 10.2. The Kier molecular flexibility index (Phi) is 3.61. The molecule has 0 saturated carbocycles. The average molecular weight is 277 g/mol. The van der Waals surface area contributed by atoms with Crippen LogP contribution in [0.1, 0.15) is 16.7 Å². The van der Waals surface area contributed by atoms with E-state index in [9.17, 15) is 4.79 Å². The van der Waals surface area contributed by atoms with Crippen molar-refractivity contribution >= 4 is 11.6 Å². The van der Waals surface area contributed by atoms with Crippen molar-refractivity contribution < 1.29 is 9.53 Å². The SMILES string of the molecule is C#Cc1cccc(NC(=O)Cc2ccc3c(c2)CCO3)c1. The molecule has 0 aliphatic carbocycles. The number of nitrogens with one attached hydrogen (secondary N) is 1. The fraction of sp³-hybridized carbons (Fsp3) is 0.167. The summed E-state index contributed by atoms with van der Waals surface area (Å²) >= 11 is 0. The number of rotatable bonds is 3. The summed E-state index contributed by atoms with van der Waals surface area (Å²) < 4.78 is 5.46. The van der Waals surface area contributed by atoms with E-state index in [4.69, 9.17) is 11.2 Å². The van der Waals surface area contributed by atoms with Gasteiger partial charge in [-0.2, -0.15) is 0 Å². The summed E-state index contributed by atoms with van der Waals surface area (Å²) in [5.74, 6) is 3.43. The maximum Gasteiger partial charge on any atom is 0.228 e. The molecule has 0 fully saturated rings. The predicted molar refractivity (Wildman–Crippen MR) is 82.4 cm³/mol. The van der Waals surface area contributed by atoms with Crippen molar-refractivity contribution in [1.29, 1.82) is 0 Å². The average Bonchev–Trinajstić information content (AvgIpc) is 2.95. The number of hydrogen-bond acceptors (Lipinski definition) is 2. The molecule has 3 heteroatoms. The van der Waals surface area contributed by atoms with Crippen LogP contribution in [0.3, 0.4) is 0 Å². The molecule has 0 saturated heterocycles. The molecule has 2 aromatic rings. The van der Waals surface area contributed by atoms with Crippen molar-refractivity contribution in [2.75, 3.05) is 11.9 Å². The van der Waals surface area contributed by atoms with E-state index < -0.39 is 0 Å². The second kappa shape index (κ2) is 5.72. The van der Waals surface area contributed by atoms with Crippen LogP contribution < -0.4 is 10.1 Å². The normalized spacial score (nSPS) is 12.1. The van der Waals surface area contributed by atoms with E-state index >= 15 is 0 Å². The van der Waals surface area contributed by atoms with Gasteiger partial charge in [0.05, 0.1) is 13.0 Å². The van der Waals surface area contributed by atoms with Gasteiger partial charge in [-0.3, -0.25) is 4.79 Å². The van der Waals surface area contributed by atoms with Gasteiger partial charge in [0.25, 0.3) is 0 Å². The van der Waals surface area contributed by atoms with Gasteiger partial charge in [-0.15, -0.1) is 6.42 Å². The van der Waals surface area contributed by atoms with E-state index in [1.54, 1.807) is 6.07 Å². The van der Waals surface area contributed by atoms with Crippen LogP contribution in [-0.2, 0) is 17.6 Å². The summed E-state index contributed by atoms with van der Waals surface area (Å²) in [5, 5.41) is 2.87. The number of terminal acetylenes is 1. The zero-order valence-electron chi connectivity index (χ0n) is 11.6. The summed E-state index contributed by atoms with van der Waals surface area (Å²) in [4.78, 5) is 12.1. The van der Waals surface area contributed by atoms with Crippen molar-refractivity contribution in [3.05, 3.63) is 59.2 Å². The van der Waals surface area contributed by atoms with Crippen molar-refractivity contribution in [3.63, 3.8) is 0 Å². The lowest BCUT2D eigenvalue weighted by Gasteiger charge is -2.07. The van der Waals surface area contributed by atoms with Crippen molar-refractivity contribution in [3.8, 4) is 18.1 Å². The Morgan fingerprint density at radius 2 is 2.19 bits per heavy atom. The second-order valence-corrected chi connectivity index (χ2v) is 4.99. The number of anilines is 1. The lowest BCUT2D eigenvalue weighted by Crippen LogP contribution is -2.14. The third-order valence-corrected chi connectivity index (χ3v) is 3.43. The van der Waals surface area contributed by atoms with Crippen LogP contribution in [0.2, 0.25) is 0 Å². The molecular weight excluding hydrogens is 262 g/mol. The summed E-state index contributed by atoms with van der Waals surface area (Å²) in [7, 11) is 0. The van der Waals surface area contributed by atoms with Crippen LogP contribution in [0.25, 0.3) is 0 Å². The summed E-state index contributed by atoms with van der Waals surface area (Å²) in [6.07, 6.45) is 6.60. The largest absolute Gasteiger partial charge is 0.493 e. The Morgan fingerprint density at radius 1 is 1.29 bits per heavy atom. The van der Waals surface area contributed by atoms with Gasteiger partial charge >= 0.3 is 0 Å². The number of carbonyl (C=O) groups is 1. The molecule has 0 atom stereocenters. The highest BCUT2D eigenvalue weighted by Crippen LogP contribution is 2.26. The predicted octanol–water partition coefficient (Wildman–Crippen LogP) is 2.78. The first-order valence-electron chi connectivity index (χ1n) is 6.86. The molecule has 1 aliphatic heterocycles. The first kappa shape index (κ1) is 13.3. The van der Waals surface area contributed by atoms with Gasteiger partial charge < -0.3 is 10.1 Å². The van der Waals surface area contributed by atoms with Gasteiger partial charge in [-0.25, -0.2) is 0 Å². The smallest absolute Gasteiger partial charge is 0.228 e. The quantitative estimate of drug-likeness (QED) is 0.876. The first-order valence-corrected chi connectivity index (χ1v) is 6.86. The van der Waals surface area contributed by atoms with Crippen LogP contribution in [0, 0.1) is 12.3 Å². The van der Waals surface area contributed by atoms with Gasteiger partial charge in [0.1, 0.15) is 5.75 Å². The molecule has 1 heterocycles. The summed E-state index contributed by atoms with van der Waals surface area (Å²) in [6, 6.07) is 13.2. The van der Waals surface area contributed by atoms with E-state index in [0.717, 1.165) is 35.6 Å². The highest BCUT2D eigenvalue weighted by Gasteiger charge is 2.13. The third kappa shape index (κ3) is 3.06. The van der Waals surface area contributed by atoms with Crippen LogP contribution in [-0.4, -0.2) is 12.5 Å². The van der Waals surface area contributed by atoms with Crippen LogP contribution >= 0.6 is 0 Å². The molecule has 0 bridgehead atoms. The second-order valence-electron chi connectivity index (χ2n) is 4.99. The van der Waals surface area contributed by atoms with E-state index in [1.165, 1.54) is 5.56 Å². The van der Waals surface area contributed by atoms with Crippen LogP contribution in [0.4, 0.5) is 5.69 Å². The Bertz CT molecular complexity index is 728. The van der Waals surface area contributed by atoms with Crippen LogP contribution in [0.15, 0.2) is 42.5 Å². The number of fused-ring (bicyclic) bond motifs is 1. The lowest BCUT2D eigenvalue weighted by molar-refractivity contribution is -0.115. The molecule has 1 N–H and O–H groups in total. The van der Waals surface area contributed by atoms with E-state index in [2.05, 4.69) is 11.2 Å². The minimum atomic E-state index is -0.0527. The molecule has 1 aliphatic rings. The summed E-state index contributed by atoms with van der Waals surface area (Å²) in [6.45, 7) is 0.726. The maximum atomic E-state index is 12.1. The van der Waals surface area contributed by atoms with Crippen LogP contribution in [0.5, 0.6) is 5.75 Å². The number of carbonyl (C=O) groups excluding carboxylic acids is 1. The molecule has 104 valence electrons. The molecule has 0 unspecified atom stereocenters. The van der Waals surface area contributed by atoms with Gasteiger partial charge in [-0.1, -0.05) is 24.1 Å². The summed E-state index contributed by atoms with van der Waals surface area (Å²) in [5.41, 5.74) is 3.64. The molecule has 3 rings (SSSR count). The molecule has 0 aromatic heterocycles. The minimum Gasteiger partial charge on any atom is -0.493 e. The highest BCUT2D eigenvalue weighted by molar-refractivity contribution is 5.92. The van der Waals surface area contributed by atoms with Crippen molar-refractivity contribution in [2.24, 2.45) is 0 Å². The molecule has 21 heavy (non-hydrogen) atoms. The molecule has 2 aromatic carbocycles. The van der Waals surface area contributed by atoms with E-state index in [-0.39, 0.29) is 5.91 Å². The third-order valence-electron chi connectivity index (χ3n) is 3.43. The molecule has 0 spiro atoms. The molecular formula is C18H15NO2. The standard InChI is InChI=1S/C18H15NO2/c1-2-13-4-3-5-16(11-13)19-18(20)12-14-6-7-17-15(10-14)8-9-21-17/h1,3-7,10-11H,8-9,12H2,(H,19,20). The van der Waals surface area contributed by atoms with Gasteiger partial charge in [-0.05, 0) is 35.4 Å². The Morgan fingerprint density at radius 3 is 3.05 bits per heavy atom. The highest BCUT2D eigenvalue weighted by atomic mass is 16.5. The number of benzene rings is 2. The Hall–Kier alpha value is -2.73. The zero-order valence-corrected chi connectivity index (χ0v) is 11.6. The van der Waals surface area contributed by atoms with Gasteiger partial charge in [0.2, 0.25) is 5.91 Å². The maximum absolute atomic E-state index is 12.1. The van der Waals surface area contributed by atoms with Crippen molar-refractivity contribution in [2.45, 2.75) is 12.8 Å².